The van der Waals surface area contributed by atoms with Gasteiger partial charge in [-0.05, 0) is 43.5 Å². The lowest BCUT2D eigenvalue weighted by molar-refractivity contribution is 0.453. The third-order valence-electron chi connectivity index (χ3n) is 3.16. The van der Waals surface area contributed by atoms with Crippen molar-refractivity contribution in [2.45, 2.75) is 32.4 Å². The maximum Gasteiger partial charge on any atom is 0.238 e. The highest BCUT2D eigenvalue weighted by Gasteiger charge is 2.20. The van der Waals surface area contributed by atoms with Crippen molar-refractivity contribution in [2.24, 2.45) is 0 Å². The topological polar surface area (TPSA) is 47.0 Å². The molecule has 4 nitrogen and oxygen atoms in total. The molecular weight excluding hydrogens is 274 g/mol. The Hall–Kier alpha value is -1.65. The molecule has 1 aliphatic rings. The van der Waals surface area contributed by atoms with Crippen LogP contribution in [0.2, 0.25) is 5.02 Å². The monoisotopic (exact) mass is 289 g/mol. The summed E-state index contributed by atoms with van der Waals surface area (Å²) in [4.78, 5) is 8.62. The van der Waals surface area contributed by atoms with Crippen LogP contribution in [-0.4, -0.2) is 16.0 Å². The molecule has 1 aromatic carbocycles. The Bertz CT molecular complexity index is 614. The van der Waals surface area contributed by atoms with Gasteiger partial charge in [-0.3, -0.25) is 4.98 Å². The highest BCUT2D eigenvalue weighted by molar-refractivity contribution is 6.30. The lowest BCUT2D eigenvalue weighted by Gasteiger charge is -2.09. The maximum atomic E-state index is 5.93. The van der Waals surface area contributed by atoms with Crippen LogP contribution in [0.25, 0.3) is 0 Å². The Morgan fingerprint density at radius 2 is 2.20 bits per heavy atom. The Balaban J connectivity index is 1.70. The molecule has 0 aliphatic heterocycles. The molecule has 1 heterocycles. The first-order valence-electron chi connectivity index (χ1n) is 6.69. The molecule has 0 radical (unpaired) electrons. The van der Waals surface area contributed by atoms with Crippen LogP contribution in [0, 0.1) is 6.92 Å². The quantitative estimate of drug-likeness (QED) is 0.915. The number of aryl methyl sites for hydroxylation is 1. The van der Waals surface area contributed by atoms with Gasteiger partial charge in [-0.2, -0.15) is 0 Å². The third-order valence-corrected chi connectivity index (χ3v) is 3.40. The van der Waals surface area contributed by atoms with Gasteiger partial charge in [0, 0.05) is 23.8 Å². The normalized spacial score (nSPS) is 14.3. The number of halogens is 1. The Morgan fingerprint density at radius 3 is 2.95 bits per heavy atom. The van der Waals surface area contributed by atoms with E-state index in [1.165, 1.54) is 12.8 Å². The second-order valence-electron chi connectivity index (χ2n) is 5.02. The van der Waals surface area contributed by atoms with Gasteiger partial charge in [-0.15, -0.1) is 0 Å². The van der Waals surface area contributed by atoms with E-state index in [1.807, 2.05) is 19.1 Å². The summed E-state index contributed by atoms with van der Waals surface area (Å²) in [5, 5.41) is 4.10. The van der Waals surface area contributed by atoms with Gasteiger partial charge in [0.1, 0.15) is 5.75 Å². The number of nitrogens with one attached hydrogen (secondary N) is 1. The van der Waals surface area contributed by atoms with Crippen molar-refractivity contribution in [1.82, 2.24) is 15.3 Å². The summed E-state index contributed by atoms with van der Waals surface area (Å²) in [7, 11) is 0. The molecule has 20 heavy (non-hydrogen) atoms. The van der Waals surface area contributed by atoms with Crippen LogP contribution in [0.15, 0.2) is 30.6 Å². The molecule has 0 saturated heterocycles. The molecule has 104 valence electrons. The van der Waals surface area contributed by atoms with Gasteiger partial charge in [0.05, 0.1) is 11.9 Å². The summed E-state index contributed by atoms with van der Waals surface area (Å²) in [5.74, 6) is 1.25. The molecule has 3 rings (SSSR count). The molecule has 5 heteroatoms. The average molecular weight is 290 g/mol. The van der Waals surface area contributed by atoms with Crippen LogP contribution in [0.4, 0.5) is 0 Å². The van der Waals surface area contributed by atoms with Crippen molar-refractivity contribution in [2.75, 3.05) is 0 Å². The smallest absolute Gasteiger partial charge is 0.238 e. The zero-order valence-electron chi connectivity index (χ0n) is 11.3. The van der Waals surface area contributed by atoms with Crippen molar-refractivity contribution in [1.29, 1.82) is 0 Å². The predicted molar refractivity (Wildman–Crippen MR) is 78.2 cm³/mol. The molecule has 1 aliphatic carbocycles. The highest BCUT2D eigenvalue weighted by Crippen LogP contribution is 2.26. The molecular formula is C15H16ClN3O. The summed E-state index contributed by atoms with van der Waals surface area (Å²) < 4.78 is 5.77. The van der Waals surface area contributed by atoms with Gasteiger partial charge < -0.3 is 10.1 Å². The van der Waals surface area contributed by atoms with Crippen LogP contribution in [0.1, 0.15) is 24.1 Å². The minimum absolute atomic E-state index is 0.505. The summed E-state index contributed by atoms with van der Waals surface area (Å²) in [5.41, 5.74) is 1.86. The lowest BCUT2D eigenvalue weighted by Crippen LogP contribution is -2.16. The van der Waals surface area contributed by atoms with Crippen LogP contribution in [0.5, 0.6) is 11.6 Å². The van der Waals surface area contributed by atoms with E-state index in [-0.39, 0.29) is 0 Å². The largest absolute Gasteiger partial charge is 0.437 e. The molecule has 1 N–H and O–H groups in total. The fourth-order valence-electron chi connectivity index (χ4n) is 1.90. The van der Waals surface area contributed by atoms with Crippen molar-refractivity contribution in [3.8, 4) is 11.6 Å². The lowest BCUT2D eigenvalue weighted by atomic mass is 10.2. The maximum absolute atomic E-state index is 5.93. The molecule has 0 atom stereocenters. The van der Waals surface area contributed by atoms with E-state index in [9.17, 15) is 0 Å². The Labute approximate surface area is 123 Å². The van der Waals surface area contributed by atoms with E-state index in [4.69, 9.17) is 16.3 Å². The Morgan fingerprint density at radius 1 is 1.35 bits per heavy atom. The van der Waals surface area contributed by atoms with Crippen LogP contribution < -0.4 is 10.1 Å². The fourth-order valence-corrected chi connectivity index (χ4v) is 2.12. The van der Waals surface area contributed by atoms with Gasteiger partial charge in [-0.25, -0.2) is 4.98 Å². The molecule has 0 amide bonds. The average Bonchev–Trinajstić information content (AvgIpc) is 3.24. The van der Waals surface area contributed by atoms with Crippen molar-refractivity contribution in [3.63, 3.8) is 0 Å². The zero-order chi connectivity index (χ0) is 13.9. The summed E-state index contributed by atoms with van der Waals surface area (Å²) in [6.07, 6.45) is 5.90. The number of rotatable bonds is 5. The second kappa shape index (κ2) is 5.77. The van der Waals surface area contributed by atoms with E-state index >= 15 is 0 Å². The summed E-state index contributed by atoms with van der Waals surface area (Å²) in [6, 6.07) is 6.16. The minimum Gasteiger partial charge on any atom is -0.437 e. The standard InChI is InChI=1S/C15H16ClN3O/c1-10-6-11(16)2-5-14(10)20-15-9-17-7-13(19-15)8-18-12-3-4-12/h2,5-7,9,12,18H,3-4,8H2,1H3. The number of nitrogens with zero attached hydrogens (tertiary/aromatic N) is 2. The van der Waals surface area contributed by atoms with Crippen molar-refractivity contribution < 1.29 is 4.74 Å². The predicted octanol–water partition coefficient (Wildman–Crippen LogP) is 3.48. The first-order valence-corrected chi connectivity index (χ1v) is 7.07. The van der Waals surface area contributed by atoms with E-state index in [2.05, 4.69) is 15.3 Å². The third kappa shape index (κ3) is 3.46. The van der Waals surface area contributed by atoms with Crippen LogP contribution >= 0.6 is 11.6 Å². The number of ether oxygens (including phenoxy) is 1. The molecule has 1 aromatic heterocycles. The SMILES string of the molecule is Cc1cc(Cl)ccc1Oc1cncc(CNC2CC2)n1. The number of hydrogen-bond donors (Lipinski definition) is 1. The summed E-state index contributed by atoms with van der Waals surface area (Å²) in [6.45, 7) is 2.68. The van der Waals surface area contributed by atoms with Crippen LogP contribution in [0.3, 0.4) is 0 Å². The fraction of sp³-hybridized carbons (Fsp3) is 0.333. The first kappa shape index (κ1) is 13.3. The second-order valence-corrected chi connectivity index (χ2v) is 5.45. The molecule has 0 unspecified atom stereocenters. The first-order chi connectivity index (χ1) is 9.70. The van der Waals surface area contributed by atoms with E-state index in [0.717, 1.165) is 23.6 Å². The minimum atomic E-state index is 0.505. The van der Waals surface area contributed by atoms with Crippen molar-refractivity contribution >= 4 is 11.6 Å². The van der Waals surface area contributed by atoms with Gasteiger partial charge in [-0.1, -0.05) is 11.6 Å². The zero-order valence-corrected chi connectivity index (χ0v) is 12.0. The van der Waals surface area contributed by atoms with E-state index < -0.39 is 0 Å². The van der Waals surface area contributed by atoms with Crippen LogP contribution in [-0.2, 0) is 6.54 Å². The number of hydrogen-bond acceptors (Lipinski definition) is 4. The van der Waals surface area contributed by atoms with Gasteiger partial charge in [0.2, 0.25) is 5.88 Å². The van der Waals surface area contributed by atoms with E-state index in [0.29, 0.717) is 16.9 Å². The highest BCUT2D eigenvalue weighted by atomic mass is 35.5. The molecule has 1 fully saturated rings. The van der Waals surface area contributed by atoms with E-state index in [1.54, 1.807) is 18.5 Å². The number of benzene rings is 1. The number of aromatic nitrogens is 2. The summed E-state index contributed by atoms with van der Waals surface area (Å²) >= 11 is 5.93. The molecule has 2 aromatic rings. The van der Waals surface area contributed by atoms with Gasteiger partial charge in [0.15, 0.2) is 0 Å². The van der Waals surface area contributed by atoms with Gasteiger partial charge in [0.25, 0.3) is 0 Å². The molecule has 0 bridgehead atoms. The molecule has 1 saturated carbocycles. The van der Waals surface area contributed by atoms with Crippen molar-refractivity contribution in [3.05, 3.63) is 46.9 Å². The van der Waals surface area contributed by atoms with Gasteiger partial charge >= 0.3 is 0 Å². The molecule has 0 spiro atoms. The Kier molecular flexibility index (Phi) is 3.85.